The average Bonchev–Trinajstić information content (AvgIpc) is 2.98. The zero-order valence-corrected chi connectivity index (χ0v) is 15.8. The lowest BCUT2D eigenvalue weighted by Gasteiger charge is -2.20. The van der Waals surface area contributed by atoms with Crippen LogP contribution in [-0.4, -0.2) is 29.5 Å². The second-order valence-corrected chi connectivity index (χ2v) is 8.45. The average molecular weight is 364 g/mol. The molecule has 4 rings (SSSR count). The molecule has 2 heterocycles. The van der Waals surface area contributed by atoms with Crippen LogP contribution in [0.4, 0.5) is 0 Å². The second kappa shape index (κ2) is 6.21. The van der Waals surface area contributed by atoms with E-state index in [1.807, 2.05) is 31.2 Å². The minimum absolute atomic E-state index is 0.146. The number of aromatic amines is 1. The van der Waals surface area contributed by atoms with Gasteiger partial charge in [-0.05, 0) is 54.3 Å². The van der Waals surface area contributed by atoms with Gasteiger partial charge in [0.15, 0.2) is 0 Å². The Morgan fingerprint density at radius 1 is 1.41 bits per heavy atom. The number of hydrogen-bond acceptors (Lipinski definition) is 4. The van der Waals surface area contributed by atoms with Crippen molar-refractivity contribution in [3.8, 4) is 6.07 Å². The third kappa shape index (κ3) is 3.02. The van der Waals surface area contributed by atoms with Crippen LogP contribution in [0.5, 0.6) is 0 Å². The number of nitriles is 1. The predicted molar refractivity (Wildman–Crippen MR) is 103 cm³/mol. The summed E-state index contributed by atoms with van der Waals surface area (Å²) in [7, 11) is 0. The molecular weight excluding hydrogens is 340 g/mol. The first-order chi connectivity index (χ1) is 12.8. The van der Waals surface area contributed by atoms with Gasteiger partial charge in [-0.1, -0.05) is 25.5 Å². The molecule has 3 N–H and O–H groups in total. The monoisotopic (exact) mass is 364 g/mol. The van der Waals surface area contributed by atoms with Gasteiger partial charge in [-0.3, -0.25) is 9.59 Å². The fourth-order valence-electron chi connectivity index (χ4n) is 4.61. The molecule has 2 aliphatic rings. The number of carbonyl (C=O) groups excluding carboxylic acids is 1. The summed E-state index contributed by atoms with van der Waals surface area (Å²) in [5, 5.41) is 16.5. The molecule has 140 valence electrons. The molecule has 1 amide bonds. The van der Waals surface area contributed by atoms with Crippen LogP contribution in [-0.2, 0) is 11.2 Å². The molecule has 0 radical (unpaired) electrons. The lowest BCUT2D eigenvalue weighted by Crippen LogP contribution is -2.48. The quantitative estimate of drug-likeness (QED) is 0.768. The summed E-state index contributed by atoms with van der Waals surface area (Å²) in [4.78, 5) is 27.9. The Kier molecular flexibility index (Phi) is 4.08. The number of amides is 1. The van der Waals surface area contributed by atoms with E-state index in [0.29, 0.717) is 17.4 Å². The first kappa shape index (κ1) is 17.7. The smallest absolute Gasteiger partial charge is 0.251 e. The topological polar surface area (TPSA) is 97.8 Å². The summed E-state index contributed by atoms with van der Waals surface area (Å²) in [6.45, 7) is 7.20. The molecule has 6 nitrogen and oxygen atoms in total. The molecule has 1 aromatic heterocycles. The number of rotatable bonds is 4. The molecule has 2 aromatic rings. The Hall–Kier alpha value is -2.65. The predicted octanol–water partition coefficient (Wildman–Crippen LogP) is 1.63. The Bertz CT molecular complexity index is 1020. The first-order valence-corrected chi connectivity index (χ1v) is 9.37. The molecule has 1 saturated carbocycles. The van der Waals surface area contributed by atoms with Gasteiger partial charge in [-0.15, -0.1) is 0 Å². The standard InChI is InChI=1S/C21H24N4O2/c1-11-4-5-16-12(6-11)7-13(19(26)25-16)8-14(9-22)24-20(27)18-17-15(10-23-18)21(17,2)3/h4-7,14-15,17-18,23H,8,10H2,1-3H3,(H,24,27)(H,25,26)/t14?,15-,17-,18-/m0/s1. The van der Waals surface area contributed by atoms with Crippen molar-refractivity contribution < 1.29 is 4.79 Å². The van der Waals surface area contributed by atoms with Gasteiger partial charge in [0.2, 0.25) is 5.91 Å². The Morgan fingerprint density at radius 2 is 2.19 bits per heavy atom. The number of benzene rings is 1. The maximum Gasteiger partial charge on any atom is 0.251 e. The van der Waals surface area contributed by atoms with E-state index in [9.17, 15) is 14.9 Å². The van der Waals surface area contributed by atoms with Crippen LogP contribution in [0.1, 0.15) is 25.0 Å². The molecule has 2 fully saturated rings. The van der Waals surface area contributed by atoms with E-state index in [0.717, 1.165) is 23.0 Å². The SMILES string of the molecule is Cc1ccc2[nH]c(=O)c(CC(C#N)NC(=O)[C@H]3NC[C@H]4[C@@H]3C4(C)C)cc2c1. The zero-order chi connectivity index (χ0) is 19.3. The van der Waals surface area contributed by atoms with Gasteiger partial charge < -0.3 is 15.6 Å². The van der Waals surface area contributed by atoms with Crippen LogP contribution in [0.2, 0.25) is 0 Å². The van der Waals surface area contributed by atoms with Gasteiger partial charge in [-0.25, -0.2) is 0 Å². The number of nitrogens with zero attached hydrogens (tertiary/aromatic N) is 1. The minimum atomic E-state index is -0.733. The second-order valence-electron chi connectivity index (χ2n) is 8.45. The number of hydrogen-bond donors (Lipinski definition) is 3. The molecule has 27 heavy (non-hydrogen) atoms. The maximum absolute atomic E-state index is 12.7. The van der Waals surface area contributed by atoms with Crippen LogP contribution >= 0.6 is 0 Å². The fraction of sp³-hybridized carbons (Fsp3) is 0.476. The van der Waals surface area contributed by atoms with Crippen LogP contribution in [0.15, 0.2) is 29.1 Å². The summed E-state index contributed by atoms with van der Waals surface area (Å²) in [5.41, 5.74) is 2.33. The van der Waals surface area contributed by atoms with Gasteiger partial charge >= 0.3 is 0 Å². The fourth-order valence-corrected chi connectivity index (χ4v) is 4.61. The molecule has 0 bridgehead atoms. The third-order valence-corrected chi connectivity index (χ3v) is 6.31. The minimum Gasteiger partial charge on any atom is -0.339 e. The Morgan fingerprint density at radius 3 is 2.85 bits per heavy atom. The summed E-state index contributed by atoms with van der Waals surface area (Å²) < 4.78 is 0. The largest absolute Gasteiger partial charge is 0.339 e. The number of H-pyrrole nitrogens is 1. The van der Waals surface area contributed by atoms with Gasteiger partial charge in [0, 0.05) is 17.5 Å². The van der Waals surface area contributed by atoms with Gasteiger partial charge in [0.1, 0.15) is 6.04 Å². The van der Waals surface area contributed by atoms with Crippen LogP contribution < -0.4 is 16.2 Å². The van der Waals surface area contributed by atoms with Crippen molar-refractivity contribution in [1.82, 2.24) is 15.6 Å². The van der Waals surface area contributed by atoms with Crippen molar-refractivity contribution in [2.75, 3.05) is 6.54 Å². The number of aromatic nitrogens is 1. The maximum atomic E-state index is 12.7. The number of aryl methyl sites for hydroxylation is 1. The highest BCUT2D eigenvalue weighted by Crippen LogP contribution is 2.62. The highest BCUT2D eigenvalue weighted by molar-refractivity contribution is 5.84. The van der Waals surface area contributed by atoms with Gasteiger partial charge in [-0.2, -0.15) is 5.26 Å². The number of piperidine rings is 1. The van der Waals surface area contributed by atoms with Crippen LogP contribution in [0.25, 0.3) is 10.9 Å². The zero-order valence-electron chi connectivity index (χ0n) is 15.8. The van der Waals surface area contributed by atoms with Crippen molar-refractivity contribution >= 4 is 16.8 Å². The molecule has 1 aliphatic carbocycles. The number of nitrogens with one attached hydrogen (secondary N) is 3. The molecule has 6 heteroatoms. The van der Waals surface area contributed by atoms with Gasteiger partial charge in [0.05, 0.1) is 12.1 Å². The van der Waals surface area contributed by atoms with E-state index in [1.165, 1.54) is 0 Å². The highest BCUT2D eigenvalue weighted by atomic mass is 16.2. The molecule has 1 unspecified atom stereocenters. The van der Waals surface area contributed by atoms with E-state index in [-0.39, 0.29) is 29.3 Å². The van der Waals surface area contributed by atoms with E-state index in [1.54, 1.807) is 0 Å². The normalized spacial score (nSPS) is 26.2. The van der Waals surface area contributed by atoms with Crippen molar-refractivity contribution in [3.63, 3.8) is 0 Å². The third-order valence-electron chi connectivity index (χ3n) is 6.31. The number of carbonyl (C=O) groups is 1. The highest BCUT2D eigenvalue weighted by Gasteiger charge is 2.65. The molecule has 1 aromatic carbocycles. The molecule has 4 atom stereocenters. The van der Waals surface area contributed by atoms with Crippen LogP contribution in [0.3, 0.4) is 0 Å². The molecule has 1 saturated heterocycles. The number of fused-ring (bicyclic) bond motifs is 2. The van der Waals surface area contributed by atoms with Gasteiger partial charge in [0.25, 0.3) is 5.56 Å². The van der Waals surface area contributed by atoms with E-state index in [2.05, 4.69) is 35.5 Å². The Balaban J connectivity index is 1.50. The summed E-state index contributed by atoms with van der Waals surface area (Å²) in [6.07, 6.45) is 0.186. The molecule has 0 spiro atoms. The summed E-state index contributed by atoms with van der Waals surface area (Å²) >= 11 is 0. The van der Waals surface area contributed by atoms with Crippen molar-refractivity contribution in [1.29, 1.82) is 5.26 Å². The van der Waals surface area contributed by atoms with Crippen molar-refractivity contribution in [3.05, 3.63) is 45.7 Å². The Labute approximate surface area is 158 Å². The first-order valence-electron chi connectivity index (χ1n) is 9.37. The summed E-state index contributed by atoms with van der Waals surface area (Å²) in [6, 6.07) is 8.76. The van der Waals surface area contributed by atoms with E-state index >= 15 is 0 Å². The lowest BCUT2D eigenvalue weighted by molar-refractivity contribution is -0.123. The summed E-state index contributed by atoms with van der Waals surface area (Å²) in [5.74, 6) is 0.705. The van der Waals surface area contributed by atoms with Crippen LogP contribution in [0, 0.1) is 35.5 Å². The van der Waals surface area contributed by atoms with E-state index in [4.69, 9.17) is 0 Å². The number of pyridine rings is 1. The lowest BCUT2D eigenvalue weighted by atomic mass is 10.0. The van der Waals surface area contributed by atoms with Crippen molar-refractivity contribution in [2.45, 2.75) is 39.3 Å². The van der Waals surface area contributed by atoms with Crippen molar-refractivity contribution in [2.24, 2.45) is 17.3 Å². The molecular formula is C21H24N4O2. The molecule has 1 aliphatic heterocycles. The van der Waals surface area contributed by atoms with E-state index < -0.39 is 6.04 Å².